The fourth-order valence-corrected chi connectivity index (χ4v) is 5.08. The Labute approximate surface area is 176 Å². The smallest absolute Gasteiger partial charge is 0.229 e. The SMILES string of the molecule is CC(C)c1ccc([C@@H]2CC(=O)N3CN(Cc4ccccc4)CSC3=C2C#N)cc1. The third-order valence-corrected chi connectivity index (χ3v) is 6.81. The first-order valence-electron chi connectivity index (χ1n) is 10.0. The molecule has 0 spiro atoms. The van der Waals surface area contributed by atoms with Gasteiger partial charge < -0.3 is 0 Å². The Bertz CT molecular complexity index is 960. The van der Waals surface area contributed by atoms with E-state index in [2.05, 4.69) is 61.2 Å². The largest absolute Gasteiger partial charge is 0.292 e. The average molecular weight is 404 g/mol. The number of carbonyl (C=O) groups is 1. The number of rotatable bonds is 4. The van der Waals surface area contributed by atoms with Crippen molar-refractivity contribution in [3.05, 3.63) is 81.9 Å². The lowest BCUT2D eigenvalue weighted by Gasteiger charge is -2.41. The Morgan fingerprint density at radius 1 is 1.14 bits per heavy atom. The van der Waals surface area contributed by atoms with Crippen LogP contribution in [0.1, 0.15) is 48.8 Å². The molecule has 5 heteroatoms. The molecule has 0 aliphatic carbocycles. The number of amides is 1. The molecule has 2 aromatic carbocycles. The summed E-state index contributed by atoms with van der Waals surface area (Å²) in [6.45, 7) is 5.67. The number of nitriles is 1. The molecule has 0 unspecified atom stereocenters. The van der Waals surface area contributed by atoms with E-state index in [0.29, 0.717) is 19.0 Å². The second-order valence-electron chi connectivity index (χ2n) is 7.96. The van der Waals surface area contributed by atoms with Crippen LogP contribution in [-0.4, -0.2) is 28.3 Å². The van der Waals surface area contributed by atoms with Crippen LogP contribution in [0.4, 0.5) is 0 Å². The van der Waals surface area contributed by atoms with E-state index >= 15 is 0 Å². The molecule has 4 rings (SSSR count). The van der Waals surface area contributed by atoms with Gasteiger partial charge in [0.05, 0.1) is 29.2 Å². The number of carbonyl (C=O) groups excluding carboxylic acids is 1. The third-order valence-electron chi connectivity index (χ3n) is 5.60. The first kappa shape index (κ1) is 19.8. The number of hydrogen-bond acceptors (Lipinski definition) is 4. The predicted octanol–water partition coefficient (Wildman–Crippen LogP) is 5.03. The Hall–Kier alpha value is -2.55. The van der Waals surface area contributed by atoms with Gasteiger partial charge in [0.1, 0.15) is 0 Å². The van der Waals surface area contributed by atoms with Gasteiger partial charge in [-0.3, -0.25) is 14.6 Å². The summed E-state index contributed by atoms with van der Waals surface area (Å²) in [6.07, 6.45) is 0.354. The number of benzene rings is 2. The predicted molar refractivity (Wildman–Crippen MR) is 117 cm³/mol. The van der Waals surface area contributed by atoms with Crippen molar-refractivity contribution in [2.75, 3.05) is 12.5 Å². The summed E-state index contributed by atoms with van der Waals surface area (Å²) >= 11 is 1.61. The van der Waals surface area contributed by atoms with E-state index in [-0.39, 0.29) is 11.8 Å². The van der Waals surface area contributed by atoms with E-state index < -0.39 is 0 Å². The van der Waals surface area contributed by atoms with E-state index in [1.807, 2.05) is 18.2 Å². The summed E-state index contributed by atoms with van der Waals surface area (Å²) in [7, 11) is 0. The van der Waals surface area contributed by atoms with E-state index in [0.717, 1.165) is 28.6 Å². The lowest BCUT2D eigenvalue weighted by Crippen LogP contribution is -2.46. The van der Waals surface area contributed by atoms with Crippen molar-refractivity contribution < 1.29 is 4.79 Å². The molecule has 2 aliphatic rings. The van der Waals surface area contributed by atoms with Crippen LogP contribution in [0, 0.1) is 11.3 Å². The summed E-state index contributed by atoms with van der Waals surface area (Å²) in [5, 5.41) is 10.8. The lowest BCUT2D eigenvalue weighted by molar-refractivity contribution is -0.131. The first-order chi connectivity index (χ1) is 14.1. The molecule has 1 atom stereocenters. The van der Waals surface area contributed by atoms with Crippen molar-refractivity contribution in [2.45, 2.75) is 38.6 Å². The lowest BCUT2D eigenvalue weighted by atomic mass is 9.85. The summed E-state index contributed by atoms with van der Waals surface area (Å²) in [6, 6.07) is 21.1. The fourth-order valence-electron chi connectivity index (χ4n) is 3.95. The van der Waals surface area contributed by atoms with Gasteiger partial charge >= 0.3 is 0 Å². The Balaban J connectivity index is 1.57. The summed E-state index contributed by atoms with van der Waals surface area (Å²) in [4.78, 5) is 17.0. The number of fused-ring (bicyclic) bond motifs is 1. The van der Waals surface area contributed by atoms with Crippen LogP contribution in [-0.2, 0) is 11.3 Å². The number of hydrogen-bond donors (Lipinski definition) is 0. The molecule has 4 nitrogen and oxygen atoms in total. The van der Waals surface area contributed by atoms with Crippen molar-refractivity contribution in [3.8, 4) is 6.07 Å². The van der Waals surface area contributed by atoms with Crippen LogP contribution in [0.3, 0.4) is 0 Å². The van der Waals surface area contributed by atoms with Crippen molar-refractivity contribution in [3.63, 3.8) is 0 Å². The monoisotopic (exact) mass is 403 g/mol. The molecular weight excluding hydrogens is 378 g/mol. The number of allylic oxidation sites excluding steroid dienone is 1. The van der Waals surface area contributed by atoms with Crippen molar-refractivity contribution in [1.29, 1.82) is 5.26 Å². The topological polar surface area (TPSA) is 47.3 Å². The highest BCUT2D eigenvalue weighted by molar-refractivity contribution is 8.03. The van der Waals surface area contributed by atoms with Crippen LogP contribution in [0.2, 0.25) is 0 Å². The summed E-state index contributed by atoms with van der Waals surface area (Å²) in [5.74, 6) is 1.19. The molecule has 1 amide bonds. The second kappa shape index (κ2) is 8.44. The van der Waals surface area contributed by atoms with Gasteiger partial charge in [0, 0.05) is 18.9 Å². The second-order valence-corrected chi connectivity index (χ2v) is 8.89. The van der Waals surface area contributed by atoms with E-state index in [1.54, 1.807) is 16.7 Å². The summed E-state index contributed by atoms with van der Waals surface area (Å²) < 4.78 is 0. The average Bonchev–Trinajstić information content (AvgIpc) is 2.75. The molecule has 1 saturated heterocycles. The molecule has 2 aromatic rings. The van der Waals surface area contributed by atoms with Gasteiger partial charge in [0.25, 0.3) is 0 Å². The van der Waals surface area contributed by atoms with E-state index in [1.165, 1.54) is 11.1 Å². The van der Waals surface area contributed by atoms with Crippen LogP contribution in [0.25, 0.3) is 0 Å². The minimum Gasteiger partial charge on any atom is -0.292 e. The number of thioether (sulfide) groups is 1. The zero-order chi connectivity index (χ0) is 20.4. The maximum atomic E-state index is 13.0. The van der Waals surface area contributed by atoms with Gasteiger partial charge in [-0.1, -0.05) is 80.2 Å². The molecule has 29 heavy (non-hydrogen) atoms. The molecule has 2 heterocycles. The molecule has 0 saturated carbocycles. The Morgan fingerprint density at radius 3 is 2.52 bits per heavy atom. The van der Waals surface area contributed by atoms with E-state index in [9.17, 15) is 10.1 Å². The van der Waals surface area contributed by atoms with Crippen molar-refractivity contribution >= 4 is 17.7 Å². The van der Waals surface area contributed by atoms with Gasteiger partial charge in [0.15, 0.2) is 0 Å². The maximum absolute atomic E-state index is 13.0. The molecular formula is C24H25N3OS. The Morgan fingerprint density at radius 2 is 1.86 bits per heavy atom. The minimum absolute atomic E-state index is 0.0993. The standard InChI is InChI=1S/C24H25N3OS/c1-17(2)19-8-10-20(11-9-19)21-12-23(28)27-15-26(14-18-6-4-3-5-7-18)16-29-24(27)22(21)13-25/h3-11,17,21H,12,14-16H2,1-2H3/t21-/m0/s1. The van der Waals surface area contributed by atoms with Crippen molar-refractivity contribution in [2.24, 2.45) is 0 Å². The zero-order valence-electron chi connectivity index (χ0n) is 16.8. The minimum atomic E-state index is -0.145. The molecule has 148 valence electrons. The van der Waals surface area contributed by atoms with Gasteiger partial charge in [-0.2, -0.15) is 5.26 Å². The van der Waals surface area contributed by atoms with Gasteiger partial charge in [0.2, 0.25) is 5.91 Å². The van der Waals surface area contributed by atoms with Crippen LogP contribution in [0.15, 0.2) is 65.2 Å². The zero-order valence-corrected chi connectivity index (χ0v) is 17.7. The van der Waals surface area contributed by atoms with Crippen LogP contribution < -0.4 is 0 Å². The van der Waals surface area contributed by atoms with Crippen LogP contribution in [0.5, 0.6) is 0 Å². The van der Waals surface area contributed by atoms with Gasteiger partial charge in [-0.25, -0.2) is 0 Å². The highest BCUT2D eigenvalue weighted by atomic mass is 32.2. The summed E-state index contributed by atoms with van der Waals surface area (Å²) in [5.41, 5.74) is 4.28. The molecule has 0 aromatic heterocycles. The molecule has 0 radical (unpaired) electrons. The quantitative estimate of drug-likeness (QED) is 0.719. The Kier molecular flexibility index (Phi) is 5.75. The van der Waals surface area contributed by atoms with E-state index in [4.69, 9.17) is 0 Å². The van der Waals surface area contributed by atoms with Crippen molar-refractivity contribution in [1.82, 2.24) is 9.80 Å². The maximum Gasteiger partial charge on any atom is 0.229 e. The number of nitrogens with zero attached hydrogens (tertiary/aromatic N) is 3. The highest BCUT2D eigenvalue weighted by Gasteiger charge is 2.38. The normalized spacial score (nSPS) is 20.0. The first-order valence-corrected chi connectivity index (χ1v) is 11.0. The molecule has 0 bridgehead atoms. The highest BCUT2D eigenvalue weighted by Crippen LogP contribution is 2.42. The fraction of sp³-hybridized carbons (Fsp3) is 0.333. The van der Waals surface area contributed by atoms with Crippen LogP contribution >= 0.6 is 11.8 Å². The van der Waals surface area contributed by atoms with Gasteiger partial charge in [-0.15, -0.1) is 0 Å². The molecule has 1 fully saturated rings. The molecule has 2 aliphatic heterocycles. The third kappa shape index (κ3) is 4.10. The van der Waals surface area contributed by atoms with Gasteiger partial charge in [-0.05, 0) is 22.6 Å². The molecule has 0 N–H and O–H groups in total.